The van der Waals surface area contributed by atoms with Crippen LogP contribution < -0.4 is 10.6 Å². The molecular formula is C23H21N5O2S. The highest BCUT2D eigenvalue weighted by molar-refractivity contribution is 7.99. The summed E-state index contributed by atoms with van der Waals surface area (Å²) in [7, 11) is 0. The molecule has 0 fully saturated rings. The van der Waals surface area contributed by atoms with Crippen LogP contribution in [0, 0.1) is 0 Å². The van der Waals surface area contributed by atoms with Crippen molar-refractivity contribution in [3.8, 4) is 0 Å². The molecule has 2 aromatic carbocycles. The van der Waals surface area contributed by atoms with Crippen LogP contribution in [-0.4, -0.2) is 32.2 Å². The Balaban J connectivity index is 1.40. The molecule has 0 aliphatic rings. The predicted octanol–water partition coefficient (Wildman–Crippen LogP) is 3.95. The number of fused-ring (bicyclic) bond motifs is 1. The van der Waals surface area contributed by atoms with Gasteiger partial charge in [-0.3, -0.25) is 14.0 Å². The molecule has 4 rings (SSSR count). The van der Waals surface area contributed by atoms with Crippen LogP contribution in [0.5, 0.6) is 0 Å². The summed E-state index contributed by atoms with van der Waals surface area (Å²) < 4.78 is 1.82. The molecule has 2 aromatic heterocycles. The van der Waals surface area contributed by atoms with Crippen molar-refractivity contribution >= 4 is 34.9 Å². The molecule has 2 heterocycles. The number of rotatable bonds is 7. The number of nitrogens with one attached hydrogen (secondary N) is 2. The lowest BCUT2D eigenvalue weighted by Gasteiger charge is -2.16. The third-order valence-corrected chi connectivity index (χ3v) is 5.65. The predicted molar refractivity (Wildman–Crippen MR) is 121 cm³/mol. The molecule has 0 bridgehead atoms. The van der Waals surface area contributed by atoms with E-state index in [1.165, 1.54) is 11.8 Å². The first-order valence-corrected chi connectivity index (χ1v) is 10.8. The van der Waals surface area contributed by atoms with Gasteiger partial charge in [0.25, 0.3) is 5.91 Å². The van der Waals surface area contributed by atoms with E-state index in [9.17, 15) is 9.59 Å². The largest absolute Gasteiger partial charge is 0.345 e. The Morgan fingerprint density at radius 1 is 0.968 bits per heavy atom. The summed E-state index contributed by atoms with van der Waals surface area (Å²) in [5, 5.41) is 14.6. The molecule has 2 amide bonds. The quantitative estimate of drug-likeness (QED) is 0.433. The van der Waals surface area contributed by atoms with E-state index in [1.54, 1.807) is 24.3 Å². The van der Waals surface area contributed by atoms with Crippen molar-refractivity contribution in [2.24, 2.45) is 0 Å². The van der Waals surface area contributed by atoms with Crippen molar-refractivity contribution in [3.05, 3.63) is 90.1 Å². The number of hydrogen-bond donors (Lipinski definition) is 2. The van der Waals surface area contributed by atoms with E-state index in [2.05, 4.69) is 20.8 Å². The number of benzene rings is 2. The number of amides is 2. The van der Waals surface area contributed by atoms with Crippen LogP contribution in [0.1, 0.15) is 28.9 Å². The van der Waals surface area contributed by atoms with Gasteiger partial charge in [0.15, 0.2) is 10.8 Å². The summed E-state index contributed by atoms with van der Waals surface area (Å²) in [5.41, 5.74) is 2.61. The van der Waals surface area contributed by atoms with Gasteiger partial charge in [0.05, 0.1) is 23.0 Å². The Morgan fingerprint density at radius 2 is 1.71 bits per heavy atom. The minimum atomic E-state index is -0.247. The summed E-state index contributed by atoms with van der Waals surface area (Å²) in [5.74, 6) is -0.330. The smallest absolute Gasteiger partial charge is 0.253 e. The molecule has 7 nitrogen and oxygen atoms in total. The summed E-state index contributed by atoms with van der Waals surface area (Å²) in [4.78, 5) is 25.4. The van der Waals surface area contributed by atoms with Gasteiger partial charge in [-0.15, -0.1) is 10.2 Å². The molecule has 0 unspecified atom stereocenters. The van der Waals surface area contributed by atoms with Crippen molar-refractivity contribution in [3.63, 3.8) is 0 Å². The molecule has 8 heteroatoms. The van der Waals surface area contributed by atoms with Crippen LogP contribution in [-0.2, 0) is 4.79 Å². The van der Waals surface area contributed by atoms with E-state index < -0.39 is 0 Å². The Kier molecular flexibility index (Phi) is 6.28. The van der Waals surface area contributed by atoms with Gasteiger partial charge in [0, 0.05) is 6.20 Å². The first-order valence-electron chi connectivity index (χ1n) is 9.79. The van der Waals surface area contributed by atoms with Crippen molar-refractivity contribution in [1.82, 2.24) is 19.9 Å². The zero-order valence-electron chi connectivity index (χ0n) is 16.9. The molecule has 31 heavy (non-hydrogen) atoms. The van der Waals surface area contributed by atoms with Crippen molar-refractivity contribution in [2.75, 3.05) is 11.1 Å². The van der Waals surface area contributed by atoms with Crippen molar-refractivity contribution < 1.29 is 9.59 Å². The maximum atomic E-state index is 12.8. The zero-order valence-corrected chi connectivity index (χ0v) is 17.7. The first-order chi connectivity index (χ1) is 15.1. The van der Waals surface area contributed by atoms with Gasteiger partial charge < -0.3 is 10.6 Å². The fourth-order valence-electron chi connectivity index (χ4n) is 3.12. The summed E-state index contributed by atoms with van der Waals surface area (Å²) in [6.45, 7) is 1.92. The van der Waals surface area contributed by atoms with E-state index in [0.717, 1.165) is 11.2 Å². The van der Waals surface area contributed by atoms with Gasteiger partial charge >= 0.3 is 0 Å². The molecule has 156 valence electrons. The number of pyridine rings is 1. The lowest BCUT2D eigenvalue weighted by molar-refractivity contribution is -0.113. The molecule has 1 atom stereocenters. The number of thioether (sulfide) groups is 1. The second-order valence-electron chi connectivity index (χ2n) is 6.90. The fraction of sp³-hybridized carbons (Fsp3) is 0.130. The third-order valence-electron chi connectivity index (χ3n) is 4.71. The number of anilines is 1. The van der Waals surface area contributed by atoms with Gasteiger partial charge in [-0.25, -0.2) is 0 Å². The fourth-order valence-corrected chi connectivity index (χ4v) is 3.85. The number of carbonyl (C=O) groups excluding carboxylic acids is 2. The van der Waals surface area contributed by atoms with Crippen LogP contribution in [0.2, 0.25) is 0 Å². The average molecular weight is 432 g/mol. The van der Waals surface area contributed by atoms with Crippen LogP contribution in [0.4, 0.5) is 5.69 Å². The van der Waals surface area contributed by atoms with E-state index in [1.807, 2.05) is 66.1 Å². The van der Waals surface area contributed by atoms with E-state index in [-0.39, 0.29) is 23.6 Å². The number of para-hydroxylation sites is 1. The standard InChI is InChI=1S/C23H21N5O2S/c1-16(17-9-3-2-4-10-17)24-22(30)18-11-5-6-12-19(18)25-21(29)15-31-23-27-26-20-13-7-8-14-28(20)23/h2-14,16H,15H2,1H3,(H,24,30)(H,25,29)/t16-/m1/s1. The number of hydrogen-bond acceptors (Lipinski definition) is 5. The van der Waals surface area contributed by atoms with Gasteiger partial charge in [0.2, 0.25) is 5.91 Å². The molecule has 0 saturated carbocycles. The second kappa shape index (κ2) is 9.44. The summed E-state index contributed by atoms with van der Waals surface area (Å²) in [6, 6.07) is 22.1. The second-order valence-corrected chi connectivity index (χ2v) is 7.84. The van der Waals surface area contributed by atoms with E-state index in [4.69, 9.17) is 0 Å². The SMILES string of the molecule is C[C@@H](NC(=O)c1ccccc1NC(=O)CSc1nnc2ccccn12)c1ccccc1. The van der Waals surface area contributed by atoms with Crippen LogP contribution in [0.25, 0.3) is 5.65 Å². The minimum absolute atomic E-state index is 0.145. The number of carbonyl (C=O) groups is 2. The normalized spacial score (nSPS) is 11.8. The molecular weight excluding hydrogens is 410 g/mol. The molecule has 0 radical (unpaired) electrons. The average Bonchev–Trinajstić information content (AvgIpc) is 3.22. The Hall–Kier alpha value is -3.65. The molecule has 0 aliphatic carbocycles. The van der Waals surface area contributed by atoms with Gasteiger partial charge in [-0.2, -0.15) is 0 Å². The van der Waals surface area contributed by atoms with Crippen molar-refractivity contribution in [2.45, 2.75) is 18.1 Å². The highest BCUT2D eigenvalue weighted by Crippen LogP contribution is 2.20. The topological polar surface area (TPSA) is 88.4 Å². The lowest BCUT2D eigenvalue weighted by atomic mass is 10.1. The molecule has 0 saturated heterocycles. The molecule has 2 N–H and O–H groups in total. The lowest BCUT2D eigenvalue weighted by Crippen LogP contribution is -2.28. The number of aromatic nitrogens is 3. The number of nitrogens with zero attached hydrogens (tertiary/aromatic N) is 3. The molecule has 4 aromatic rings. The van der Waals surface area contributed by atoms with E-state index in [0.29, 0.717) is 16.4 Å². The third kappa shape index (κ3) is 4.92. The molecule has 0 spiro atoms. The monoisotopic (exact) mass is 431 g/mol. The zero-order chi connectivity index (χ0) is 21.6. The van der Waals surface area contributed by atoms with Gasteiger partial charge in [-0.05, 0) is 36.8 Å². The van der Waals surface area contributed by atoms with Crippen LogP contribution in [0.3, 0.4) is 0 Å². The van der Waals surface area contributed by atoms with Gasteiger partial charge in [-0.1, -0.05) is 60.3 Å². The van der Waals surface area contributed by atoms with Crippen LogP contribution in [0.15, 0.2) is 84.1 Å². The van der Waals surface area contributed by atoms with Crippen LogP contribution >= 0.6 is 11.8 Å². The first kappa shape index (κ1) is 20.6. The van der Waals surface area contributed by atoms with E-state index >= 15 is 0 Å². The highest BCUT2D eigenvalue weighted by atomic mass is 32.2. The minimum Gasteiger partial charge on any atom is -0.345 e. The summed E-state index contributed by atoms with van der Waals surface area (Å²) in [6.07, 6.45) is 1.85. The summed E-state index contributed by atoms with van der Waals surface area (Å²) >= 11 is 1.28. The highest BCUT2D eigenvalue weighted by Gasteiger charge is 2.16. The molecule has 0 aliphatic heterocycles. The maximum Gasteiger partial charge on any atom is 0.253 e. The Bertz CT molecular complexity index is 1210. The van der Waals surface area contributed by atoms with Gasteiger partial charge in [0.1, 0.15) is 0 Å². The Labute approximate surface area is 183 Å². The maximum absolute atomic E-state index is 12.8. The van der Waals surface area contributed by atoms with Crippen molar-refractivity contribution in [1.29, 1.82) is 0 Å². The Morgan fingerprint density at radius 3 is 2.55 bits per heavy atom.